The maximum atomic E-state index is 13.2. The second-order valence-electron chi connectivity index (χ2n) is 7.54. The molecule has 0 spiro atoms. The number of imidazole rings is 1. The van der Waals surface area contributed by atoms with Gasteiger partial charge in [-0.1, -0.05) is 41.7 Å². The van der Waals surface area contributed by atoms with Crippen molar-refractivity contribution in [3.05, 3.63) is 79.9 Å². The second-order valence-corrected chi connectivity index (χ2v) is 8.52. The summed E-state index contributed by atoms with van der Waals surface area (Å²) in [5.41, 5.74) is -0.344. The third-order valence-corrected chi connectivity index (χ3v) is 6.66. The maximum absolute atomic E-state index is 13.2. The fourth-order valence-electron chi connectivity index (χ4n) is 3.89. The lowest BCUT2D eigenvalue weighted by atomic mass is 10.1. The number of anilines is 1. The lowest BCUT2D eigenvalue weighted by molar-refractivity contribution is -0.383. The largest absolute Gasteiger partial charge is 0.416 e. The normalized spacial score (nSPS) is 13.5. The fraction of sp³-hybridized carbons (Fsp3) is 0.190. The van der Waals surface area contributed by atoms with Gasteiger partial charge in [-0.3, -0.25) is 14.9 Å². The highest BCUT2D eigenvalue weighted by Crippen LogP contribution is 2.39. The zero-order valence-electron chi connectivity index (χ0n) is 17.0. The van der Waals surface area contributed by atoms with Crippen molar-refractivity contribution in [2.24, 2.45) is 7.05 Å². The number of nitrogens with zero attached hydrogens (tertiary/aromatic N) is 5. The molecule has 0 saturated heterocycles. The van der Waals surface area contributed by atoms with Crippen molar-refractivity contribution in [2.75, 3.05) is 4.90 Å². The first kappa shape index (κ1) is 21.1. The van der Waals surface area contributed by atoms with Gasteiger partial charge >= 0.3 is 6.18 Å². The number of alkyl halides is 3. The number of halogens is 3. The third-order valence-electron chi connectivity index (χ3n) is 5.49. The summed E-state index contributed by atoms with van der Waals surface area (Å²) in [6, 6.07) is 10.7. The smallest absolute Gasteiger partial charge is 0.336 e. The molecule has 0 N–H and O–H groups in total. The van der Waals surface area contributed by atoms with E-state index in [1.54, 1.807) is 4.90 Å². The van der Waals surface area contributed by atoms with E-state index in [9.17, 15) is 28.1 Å². The highest BCUT2D eigenvalue weighted by atomic mass is 32.1. The zero-order chi connectivity index (χ0) is 23.5. The molecule has 2 aromatic carbocycles. The lowest BCUT2D eigenvalue weighted by Crippen LogP contribution is -2.20. The van der Waals surface area contributed by atoms with E-state index in [0.29, 0.717) is 25.2 Å². The molecule has 4 aromatic rings. The number of fused-ring (bicyclic) bond motifs is 2. The van der Waals surface area contributed by atoms with Crippen LogP contribution in [0, 0.1) is 10.1 Å². The Bertz CT molecular complexity index is 1480. The number of nitro benzene ring substituents is 1. The summed E-state index contributed by atoms with van der Waals surface area (Å²) in [4.78, 5) is 33.5. The molecule has 1 aliphatic rings. The van der Waals surface area contributed by atoms with Gasteiger partial charge in [0, 0.05) is 18.7 Å². The molecule has 3 heterocycles. The molecule has 0 fully saturated rings. The lowest BCUT2D eigenvalue weighted by Gasteiger charge is -2.17. The van der Waals surface area contributed by atoms with Gasteiger partial charge in [0.25, 0.3) is 11.2 Å². The van der Waals surface area contributed by atoms with Crippen molar-refractivity contribution in [2.45, 2.75) is 19.3 Å². The van der Waals surface area contributed by atoms with Crippen LogP contribution in [0.3, 0.4) is 0 Å². The van der Waals surface area contributed by atoms with E-state index in [-0.39, 0.29) is 9.83 Å². The van der Waals surface area contributed by atoms with E-state index in [4.69, 9.17) is 4.98 Å². The Morgan fingerprint density at radius 3 is 2.48 bits per heavy atom. The Kier molecular flexibility index (Phi) is 4.71. The summed E-state index contributed by atoms with van der Waals surface area (Å²) in [5.74, 6) is 0.787. The molecule has 0 atom stereocenters. The predicted molar refractivity (Wildman–Crippen MR) is 116 cm³/mol. The van der Waals surface area contributed by atoms with Crippen molar-refractivity contribution >= 4 is 32.2 Å². The van der Waals surface area contributed by atoms with Gasteiger partial charge in [-0.25, -0.2) is 4.98 Å². The van der Waals surface area contributed by atoms with Gasteiger partial charge in [0.15, 0.2) is 5.13 Å². The number of nitro groups is 1. The quantitative estimate of drug-likeness (QED) is 0.321. The van der Waals surface area contributed by atoms with Crippen molar-refractivity contribution in [3.63, 3.8) is 0 Å². The number of benzene rings is 2. The Morgan fingerprint density at radius 2 is 1.85 bits per heavy atom. The molecule has 12 heteroatoms. The highest BCUT2D eigenvalue weighted by Gasteiger charge is 2.35. The van der Waals surface area contributed by atoms with Crippen LogP contribution in [0.1, 0.15) is 17.0 Å². The van der Waals surface area contributed by atoms with Gasteiger partial charge in [0.05, 0.1) is 40.4 Å². The molecule has 5 rings (SSSR count). The fourth-order valence-corrected chi connectivity index (χ4v) is 4.95. The molecule has 168 valence electrons. The number of aromatic nitrogens is 3. The van der Waals surface area contributed by atoms with Gasteiger partial charge in [0.2, 0.25) is 0 Å². The SMILES string of the molecule is Cn1c(-c2ccccc2)nc2c1CN(c1nc(=O)c3cc(C(F)(F)F)cc([N+](=O)[O-])c3s1)C2. The van der Waals surface area contributed by atoms with Crippen LogP contribution >= 0.6 is 11.3 Å². The summed E-state index contributed by atoms with van der Waals surface area (Å²) in [5, 5.41) is 11.3. The second kappa shape index (κ2) is 7.37. The Hall–Kier alpha value is -3.80. The molecular formula is C21H14F3N5O3S. The van der Waals surface area contributed by atoms with E-state index in [0.717, 1.165) is 34.1 Å². The van der Waals surface area contributed by atoms with Crippen LogP contribution < -0.4 is 10.5 Å². The Morgan fingerprint density at radius 1 is 1.12 bits per heavy atom. The van der Waals surface area contributed by atoms with E-state index in [1.807, 2.05) is 41.9 Å². The van der Waals surface area contributed by atoms with Crippen LogP contribution in [0.4, 0.5) is 24.0 Å². The van der Waals surface area contributed by atoms with Crippen molar-refractivity contribution in [3.8, 4) is 11.4 Å². The van der Waals surface area contributed by atoms with E-state index < -0.39 is 33.3 Å². The molecule has 0 unspecified atom stereocenters. The third kappa shape index (κ3) is 3.52. The van der Waals surface area contributed by atoms with Crippen LogP contribution in [0.5, 0.6) is 0 Å². The molecule has 0 radical (unpaired) electrons. The summed E-state index contributed by atoms with van der Waals surface area (Å²) >= 11 is 0.822. The zero-order valence-corrected chi connectivity index (χ0v) is 17.8. The van der Waals surface area contributed by atoms with Gasteiger partial charge in [0.1, 0.15) is 10.5 Å². The minimum atomic E-state index is -4.83. The molecule has 0 saturated carbocycles. The van der Waals surface area contributed by atoms with E-state index in [2.05, 4.69) is 4.98 Å². The standard InChI is InChI=1S/C21H14F3N5O3S/c1-27-16-10-28(9-14(16)25-18(27)11-5-3-2-4-6-11)20-26-19(30)13-7-12(21(22,23)24)8-15(29(31)32)17(13)33-20/h2-8H,9-10H2,1H3. The van der Waals surface area contributed by atoms with Gasteiger partial charge in [-0.2, -0.15) is 18.2 Å². The molecule has 1 aliphatic heterocycles. The van der Waals surface area contributed by atoms with Crippen molar-refractivity contribution < 1.29 is 18.1 Å². The van der Waals surface area contributed by atoms with E-state index in [1.165, 1.54) is 0 Å². The summed E-state index contributed by atoms with van der Waals surface area (Å²) in [6.45, 7) is 0.674. The molecule has 0 aliphatic carbocycles. The van der Waals surface area contributed by atoms with Crippen LogP contribution in [-0.4, -0.2) is 19.5 Å². The van der Waals surface area contributed by atoms with E-state index >= 15 is 0 Å². The molecule has 8 nitrogen and oxygen atoms in total. The summed E-state index contributed by atoms with van der Waals surface area (Å²) in [6.07, 6.45) is -4.83. The van der Waals surface area contributed by atoms with Gasteiger partial charge in [-0.15, -0.1) is 0 Å². The van der Waals surface area contributed by atoms with Crippen LogP contribution in [-0.2, 0) is 26.3 Å². The van der Waals surface area contributed by atoms with Crippen molar-refractivity contribution in [1.29, 1.82) is 0 Å². The Labute approximate surface area is 187 Å². The minimum Gasteiger partial charge on any atom is -0.336 e. The first-order valence-corrected chi connectivity index (χ1v) is 10.5. The molecule has 33 heavy (non-hydrogen) atoms. The topological polar surface area (TPSA) is 94.2 Å². The molecule has 0 bridgehead atoms. The molecule has 0 amide bonds. The summed E-state index contributed by atoms with van der Waals surface area (Å²) in [7, 11) is 1.87. The number of rotatable bonds is 3. The van der Waals surface area contributed by atoms with Crippen LogP contribution in [0.2, 0.25) is 0 Å². The van der Waals surface area contributed by atoms with Gasteiger partial charge < -0.3 is 9.47 Å². The van der Waals surface area contributed by atoms with Crippen LogP contribution in [0.25, 0.3) is 21.5 Å². The van der Waals surface area contributed by atoms with Crippen molar-refractivity contribution in [1.82, 2.24) is 14.5 Å². The molecule has 2 aromatic heterocycles. The number of hydrogen-bond donors (Lipinski definition) is 0. The average molecular weight is 473 g/mol. The van der Waals surface area contributed by atoms with Gasteiger partial charge in [-0.05, 0) is 6.07 Å². The number of non-ortho nitro benzene ring substituents is 1. The molecular weight excluding hydrogens is 459 g/mol. The summed E-state index contributed by atoms with van der Waals surface area (Å²) < 4.78 is 41.3. The maximum Gasteiger partial charge on any atom is 0.416 e. The number of hydrogen-bond acceptors (Lipinski definition) is 7. The predicted octanol–water partition coefficient (Wildman–Crippen LogP) is 4.50. The monoisotopic (exact) mass is 473 g/mol. The Balaban J connectivity index is 1.56. The first-order valence-electron chi connectivity index (χ1n) is 9.69. The average Bonchev–Trinajstić information content (AvgIpc) is 3.32. The minimum absolute atomic E-state index is 0.142. The van der Waals surface area contributed by atoms with Crippen LogP contribution in [0.15, 0.2) is 47.3 Å². The first-order chi connectivity index (χ1) is 15.6. The highest BCUT2D eigenvalue weighted by molar-refractivity contribution is 7.22.